The number of aliphatic imine (C=N–C) groups is 1. The molecule has 1 atom stereocenters. The third kappa shape index (κ3) is 5.70. The van der Waals surface area contributed by atoms with Gasteiger partial charge in [-0.1, -0.05) is 19.3 Å². The highest BCUT2D eigenvalue weighted by atomic mass is 127. The first-order valence-corrected chi connectivity index (χ1v) is 10.1. The van der Waals surface area contributed by atoms with Gasteiger partial charge in [-0.25, -0.2) is 0 Å². The number of likely N-dealkylation sites (tertiary alicyclic amines) is 1. The van der Waals surface area contributed by atoms with Crippen molar-refractivity contribution < 1.29 is 8.42 Å². The molecule has 2 N–H and O–H groups in total. The molecule has 0 spiro atoms. The zero-order valence-corrected chi connectivity index (χ0v) is 18.0. The summed E-state index contributed by atoms with van der Waals surface area (Å²) in [5.41, 5.74) is 6.15. The van der Waals surface area contributed by atoms with E-state index in [2.05, 4.69) is 9.89 Å². The first-order chi connectivity index (χ1) is 10.9. The summed E-state index contributed by atoms with van der Waals surface area (Å²) >= 11 is 0. The van der Waals surface area contributed by atoms with Crippen molar-refractivity contribution >= 4 is 40.1 Å². The lowest BCUT2D eigenvalue weighted by atomic mass is 10.1. The van der Waals surface area contributed by atoms with Gasteiger partial charge in [-0.3, -0.25) is 4.99 Å². The summed E-state index contributed by atoms with van der Waals surface area (Å²) in [7, 11) is -0.226. The Balaban J connectivity index is 0.00000288. The van der Waals surface area contributed by atoms with Crippen molar-refractivity contribution in [3.8, 4) is 0 Å². The zero-order chi connectivity index (χ0) is 16.9. The van der Waals surface area contributed by atoms with Crippen molar-refractivity contribution in [2.24, 2.45) is 10.7 Å². The number of hydrogen-bond donors (Lipinski definition) is 1. The molecule has 2 rings (SSSR count). The van der Waals surface area contributed by atoms with Gasteiger partial charge in [0.2, 0.25) is 0 Å². The third-order valence-corrected chi connectivity index (χ3v) is 6.72. The minimum absolute atomic E-state index is 0. The molecule has 2 saturated heterocycles. The van der Waals surface area contributed by atoms with Crippen molar-refractivity contribution in [2.75, 3.05) is 40.3 Å². The van der Waals surface area contributed by atoms with Gasteiger partial charge in [0.1, 0.15) is 0 Å². The van der Waals surface area contributed by atoms with E-state index < -0.39 is 10.2 Å². The smallest absolute Gasteiger partial charge is 0.281 e. The fourth-order valence-corrected chi connectivity index (χ4v) is 4.60. The molecule has 2 heterocycles. The van der Waals surface area contributed by atoms with Gasteiger partial charge < -0.3 is 10.6 Å². The Morgan fingerprint density at radius 2 is 1.67 bits per heavy atom. The van der Waals surface area contributed by atoms with Gasteiger partial charge in [0.15, 0.2) is 5.96 Å². The highest BCUT2D eigenvalue weighted by molar-refractivity contribution is 14.0. The standard InChI is InChI=1S/C15H31N5O2S.HI/c1-18(2)23(21,22)20-12-8-5-9-14(20)13-17-15(16)19-10-6-3-4-7-11-19;/h14H,3-13H2,1-2H3,(H2,16,17);1H. The summed E-state index contributed by atoms with van der Waals surface area (Å²) in [4.78, 5) is 6.67. The van der Waals surface area contributed by atoms with Crippen molar-refractivity contribution in [1.29, 1.82) is 0 Å². The van der Waals surface area contributed by atoms with E-state index >= 15 is 0 Å². The van der Waals surface area contributed by atoms with Gasteiger partial charge >= 0.3 is 0 Å². The van der Waals surface area contributed by atoms with E-state index in [1.165, 1.54) is 17.1 Å². The highest BCUT2D eigenvalue weighted by Crippen LogP contribution is 2.22. The van der Waals surface area contributed by atoms with Crippen LogP contribution in [0.4, 0.5) is 0 Å². The predicted molar refractivity (Wildman–Crippen MR) is 109 cm³/mol. The lowest BCUT2D eigenvalue weighted by Crippen LogP contribution is -2.50. The van der Waals surface area contributed by atoms with Gasteiger partial charge in [-0.2, -0.15) is 17.0 Å². The van der Waals surface area contributed by atoms with Crippen LogP contribution >= 0.6 is 24.0 Å². The van der Waals surface area contributed by atoms with E-state index in [1.807, 2.05) is 0 Å². The van der Waals surface area contributed by atoms with Crippen molar-refractivity contribution in [3.63, 3.8) is 0 Å². The second-order valence-corrected chi connectivity index (χ2v) is 8.75. The molecular formula is C15H32IN5O2S. The van der Waals surface area contributed by atoms with E-state index in [1.54, 1.807) is 18.4 Å². The lowest BCUT2D eigenvalue weighted by molar-refractivity contribution is 0.244. The monoisotopic (exact) mass is 473 g/mol. The molecule has 0 aromatic carbocycles. The van der Waals surface area contributed by atoms with Crippen molar-refractivity contribution in [2.45, 2.75) is 51.0 Å². The molecule has 0 aromatic heterocycles. The molecular weight excluding hydrogens is 441 g/mol. The Labute approximate surface area is 163 Å². The SMILES string of the molecule is CN(C)S(=O)(=O)N1CCCCC1CN=C(N)N1CCCCCC1.I. The largest absolute Gasteiger partial charge is 0.370 e. The summed E-state index contributed by atoms with van der Waals surface area (Å²) in [5.74, 6) is 0.569. The fourth-order valence-electron chi connectivity index (χ4n) is 3.27. The Morgan fingerprint density at radius 3 is 2.25 bits per heavy atom. The van der Waals surface area contributed by atoms with Crippen molar-refractivity contribution in [3.05, 3.63) is 0 Å². The van der Waals surface area contributed by atoms with Crippen LogP contribution in [0.1, 0.15) is 44.9 Å². The normalized spacial score (nSPS) is 24.5. The topological polar surface area (TPSA) is 82.2 Å². The number of guanidine groups is 1. The molecule has 0 aliphatic carbocycles. The molecule has 24 heavy (non-hydrogen) atoms. The fraction of sp³-hybridized carbons (Fsp3) is 0.933. The van der Waals surface area contributed by atoms with E-state index in [0.29, 0.717) is 19.0 Å². The zero-order valence-electron chi connectivity index (χ0n) is 14.9. The second kappa shape index (κ2) is 10.1. The van der Waals surface area contributed by atoms with Gasteiger partial charge in [-0.15, -0.1) is 24.0 Å². The molecule has 1 unspecified atom stereocenters. The highest BCUT2D eigenvalue weighted by Gasteiger charge is 2.33. The van der Waals surface area contributed by atoms with Crippen LogP contribution in [-0.4, -0.2) is 74.2 Å². The van der Waals surface area contributed by atoms with Crippen LogP contribution < -0.4 is 5.73 Å². The van der Waals surface area contributed by atoms with E-state index in [9.17, 15) is 8.42 Å². The number of halogens is 1. The minimum atomic E-state index is -3.38. The summed E-state index contributed by atoms with van der Waals surface area (Å²) in [5, 5.41) is 0. The number of piperidine rings is 1. The van der Waals surface area contributed by atoms with Crippen LogP contribution in [0.5, 0.6) is 0 Å². The molecule has 2 fully saturated rings. The maximum Gasteiger partial charge on any atom is 0.281 e. The Kier molecular flexibility index (Phi) is 9.24. The molecule has 2 aliphatic heterocycles. The minimum Gasteiger partial charge on any atom is -0.370 e. The van der Waals surface area contributed by atoms with Crippen LogP contribution in [0, 0.1) is 0 Å². The summed E-state index contributed by atoms with van der Waals surface area (Å²) < 4.78 is 27.8. The molecule has 0 aromatic rings. The molecule has 2 aliphatic rings. The molecule has 0 amide bonds. The number of nitrogens with two attached hydrogens (primary N) is 1. The average molecular weight is 473 g/mol. The summed E-state index contributed by atoms with van der Waals surface area (Å²) in [6.07, 6.45) is 7.62. The van der Waals surface area contributed by atoms with Crippen LogP contribution in [0.25, 0.3) is 0 Å². The van der Waals surface area contributed by atoms with E-state index in [0.717, 1.165) is 45.2 Å². The molecule has 0 saturated carbocycles. The van der Waals surface area contributed by atoms with Crippen LogP contribution in [0.15, 0.2) is 4.99 Å². The summed E-state index contributed by atoms with van der Waals surface area (Å²) in [6, 6.07) is -0.0818. The Bertz CT molecular complexity index is 504. The molecule has 9 heteroatoms. The number of rotatable bonds is 4. The van der Waals surface area contributed by atoms with Crippen molar-refractivity contribution in [1.82, 2.24) is 13.5 Å². The van der Waals surface area contributed by atoms with Crippen LogP contribution in [0.3, 0.4) is 0 Å². The number of hydrogen-bond acceptors (Lipinski definition) is 3. The quantitative estimate of drug-likeness (QED) is 0.381. The van der Waals surface area contributed by atoms with E-state index in [-0.39, 0.29) is 30.0 Å². The molecule has 142 valence electrons. The molecule has 0 bridgehead atoms. The second-order valence-electron chi connectivity index (χ2n) is 6.65. The van der Waals surface area contributed by atoms with Gasteiger partial charge in [0.05, 0.1) is 6.54 Å². The van der Waals surface area contributed by atoms with E-state index in [4.69, 9.17) is 5.73 Å². The number of nitrogens with zero attached hydrogens (tertiary/aromatic N) is 4. The van der Waals surface area contributed by atoms with Crippen LogP contribution in [-0.2, 0) is 10.2 Å². The van der Waals surface area contributed by atoms with Gasteiger partial charge in [0.25, 0.3) is 10.2 Å². The first-order valence-electron chi connectivity index (χ1n) is 8.67. The summed E-state index contributed by atoms with van der Waals surface area (Å²) in [6.45, 7) is 2.94. The maximum absolute atomic E-state index is 12.4. The van der Waals surface area contributed by atoms with Gasteiger partial charge in [-0.05, 0) is 25.7 Å². The molecule has 7 nitrogen and oxygen atoms in total. The maximum atomic E-state index is 12.4. The average Bonchev–Trinajstić information content (AvgIpc) is 2.82. The third-order valence-electron chi connectivity index (χ3n) is 4.73. The first kappa shape index (κ1) is 21.9. The lowest BCUT2D eigenvalue weighted by Gasteiger charge is -2.35. The molecule has 0 radical (unpaired) electrons. The predicted octanol–water partition coefficient (Wildman–Crippen LogP) is 1.46. The van der Waals surface area contributed by atoms with Crippen LogP contribution in [0.2, 0.25) is 0 Å². The Morgan fingerprint density at radius 1 is 1.08 bits per heavy atom. The van der Waals surface area contributed by atoms with Gasteiger partial charge in [0, 0.05) is 39.8 Å². The Hall–Kier alpha value is -0.130.